The monoisotopic (exact) mass is 500 g/mol. The number of hydrogen-bond acceptors (Lipinski definition) is 4. The van der Waals surface area contributed by atoms with E-state index in [0.29, 0.717) is 0 Å². The molecule has 0 aliphatic carbocycles. The molecule has 0 saturated carbocycles. The van der Waals surface area contributed by atoms with Crippen LogP contribution in [0.4, 0.5) is 0 Å². The molecule has 2 rings (SSSR count). The molecule has 0 bridgehead atoms. The zero-order chi connectivity index (χ0) is 23.2. The van der Waals surface area contributed by atoms with Gasteiger partial charge in [-0.2, -0.15) is 8.42 Å². The molecule has 2 aromatic carbocycles. The van der Waals surface area contributed by atoms with Crippen molar-refractivity contribution in [3.8, 4) is 17.2 Å². The number of ether oxygens (including phenoxy) is 1. The molecule has 0 saturated heterocycles. The molecule has 7 heteroatoms. The summed E-state index contributed by atoms with van der Waals surface area (Å²) in [6.07, 6.45) is 16.5. The van der Waals surface area contributed by atoms with Crippen molar-refractivity contribution in [1.29, 1.82) is 0 Å². The minimum absolute atomic E-state index is 0. The second-order valence-electron chi connectivity index (χ2n) is 8.47. The average molecular weight is 501 g/mol. The molecule has 0 aliphatic heterocycles. The van der Waals surface area contributed by atoms with E-state index in [-0.39, 0.29) is 73.5 Å². The topological polar surface area (TPSA) is 86.7 Å². The van der Waals surface area contributed by atoms with Crippen LogP contribution in [0.15, 0.2) is 47.4 Å². The quantitative estimate of drug-likeness (QED) is 0.213. The third kappa shape index (κ3) is 12.7. The molecule has 0 aliphatic rings. The van der Waals surface area contributed by atoms with Gasteiger partial charge in [-0.25, -0.2) is 0 Å². The van der Waals surface area contributed by atoms with Gasteiger partial charge in [-0.3, -0.25) is 4.55 Å². The van der Waals surface area contributed by atoms with Gasteiger partial charge in [0.05, 0.1) is 4.90 Å². The maximum atomic E-state index is 12.4. The fraction of sp³-hybridized carbons (Fsp3) is 0.538. The van der Waals surface area contributed by atoms with Crippen LogP contribution in [0, 0.1) is 0 Å². The van der Waals surface area contributed by atoms with Crippen LogP contribution in [0.1, 0.15) is 89.5 Å². The first-order valence-electron chi connectivity index (χ1n) is 12.0. The van der Waals surface area contributed by atoms with Crippen LogP contribution in [-0.4, -0.2) is 13.0 Å². The third-order valence-electron chi connectivity index (χ3n) is 5.66. The van der Waals surface area contributed by atoms with Gasteiger partial charge in [0, 0.05) is 6.07 Å². The normalized spacial score (nSPS) is 11.2. The number of aryl methyl sites for hydroxylation is 1. The molecule has 5 nitrogen and oxygen atoms in total. The summed E-state index contributed by atoms with van der Waals surface area (Å²) in [5.74, 6) is 0.0839. The van der Waals surface area contributed by atoms with Crippen LogP contribution in [-0.2, 0) is 16.5 Å². The first kappa shape index (κ1) is 30.6. The van der Waals surface area contributed by atoms with Crippen LogP contribution >= 0.6 is 0 Å². The van der Waals surface area contributed by atoms with Gasteiger partial charge in [-0.05, 0) is 36.6 Å². The Balaban J connectivity index is 0.00000544. The zero-order valence-corrected chi connectivity index (χ0v) is 24.2. The van der Waals surface area contributed by atoms with Gasteiger partial charge in [0.1, 0.15) is 11.5 Å². The number of rotatable bonds is 16. The Bertz CT molecular complexity index is 915. The molecule has 1 N–H and O–H groups in total. The molecular weight excluding hydrogens is 463 g/mol. The van der Waals surface area contributed by atoms with E-state index in [1.165, 1.54) is 94.9 Å². The van der Waals surface area contributed by atoms with Gasteiger partial charge in [-0.1, -0.05) is 102 Å². The summed E-state index contributed by atoms with van der Waals surface area (Å²) in [4.78, 5) is -0.272. The Hall–Kier alpha value is -0.414. The summed E-state index contributed by atoms with van der Waals surface area (Å²) >= 11 is 0. The van der Waals surface area contributed by atoms with E-state index >= 15 is 0 Å². The van der Waals surface area contributed by atoms with Crippen LogP contribution < -0.4 is 61.2 Å². The SMILES string of the molecule is CCCCCCCCCCCCCCc1ccc(Oc2cccc(S(=O)(=O)O)c2)c([O-])c1.[K+]. The molecular formula is C26H37KO5S. The molecule has 0 unspecified atom stereocenters. The average Bonchev–Trinajstić information content (AvgIpc) is 2.76. The molecule has 2 aromatic rings. The van der Waals surface area contributed by atoms with Crippen molar-refractivity contribution >= 4 is 10.1 Å². The van der Waals surface area contributed by atoms with Crippen molar-refractivity contribution in [2.24, 2.45) is 0 Å². The van der Waals surface area contributed by atoms with Gasteiger partial charge >= 0.3 is 51.4 Å². The smallest absolute Gasteiger partial charge is 0.870 e. The summed E-state index contributed by atoms with van der Waals surface area (Å²) < 4.78 is 37.2. The fourth-order valence-corrected chi connectivity index (χ4v) is 4.30. The second-order valence-corrected chi connectivity index (χ2v) is 9.89. The van der Waals surface area contributed by atoms with Crippen molar-refractivity contribution in [2.75, 3.05) is 0 Å². The Kier molecular flexibility index (Phi) is 15.9. The van der Waals surface area contributed by atoms with Crippen molar-refractivity contribution < 1.29 is 74.2 Å². The second kappa shape index (κ2) is 17.1. The van der Waals surface area contributed by atoms with E-state index in [1.807, 2.05) is 6.07 Å². The Morgan fingerprint density at radius 3 is 1.94 bits per heavy atom. The van der Waals surface area contributed by atoms with Crippen LogP contribution in [0.25, 0.3) is 0 Å². The minimum Gasteiger partial charge on any atom is -0.870 e. The van der Waals surface area contributed by atoms with E-state index < -0.39 is 10.1 Å². The molecule has 0 aromatic heterocycles. The van der Waals surface area contributed by atoms with E-state index in [0.717, 1.165) is 18.4 Å². The third-order valence-corrected chi connectivity index (χ3v) is 6.51. The fourth-order valence-electron chi connectivity index (χ4n) is 3.79. The van der Waals surface area contributed by atoms with E-state index in [2.05, 4.69) is 6.92 Å². The molecule has 0 radical (unpaired) electrons. The Labute approximate surface area is 242 Å². The first-order chi connectivity index (χ1) is 15.4. The molecule has 178 valence electrons. The van der Waals surface area contributed by atoms with Crippen LogP contribution in [0.3, 0.4) is 0 Å². The van der Waals surface area contributed by atoms with Crippen molar-refractivity contribution in [1.82, 2.24) is 0 Å². The van der Waals surface area contributed by atoms with Crippen LogP contribution in [0.5, 0.6) is 17.2 Å². The van der Waals surface area contributed by atoms with E-state index in [1.54, 1.807) is 12.1 Å². The predicted molar refractivity (Wildman–Crippen MR) is 127 cm³/mol. The van der Waals surface area contributed by atoms with Crippen molar-refractivity contribution in [3.63, 3.8) is 0 Å². The predicted octanol–water partition coefficient (Wildman–Crippen LogP) is 4.05. The van der Waals surface area contributed by atoms with Crippen LogP contribution in [0.2, 0.25) is 0 Å². The van der Waals surface area contributed by atoms with Gasteiger partial charge < -0.3 is 9.84 Å². The molecule has 0 spiro atoms. The zero-order valence-electron chi connectivity index (χ0n) is 20.2. The van der Waals surface area contributed by atoms with Crippen molar-refractivity contribution in [3.05, 3.63) is 48.0 Å². The largest absolute Gasteiger partial charge is 1.00 e. The van der Waals surface area contributed by atoms with Gasteiger partial charge in [0.2, 0.25) is 0 Å². The molecule has 0 fully saturated rings. The summed E-state index contributed by atoms with van der Waals surface area (Å²) in [5, 5.41) is 12.4. The van der Waals surface area contributed by atoms with E-state index in [4.69, 9.17) is 9.29 Å². The summed E-state index contributed by atoms with van der Waals surface area (Å²) in [6.45, 7) is 2.25. The Morgan fingerprint density at radius 2 is 1.39 bits per heavy atom. The Morgan fingerprint density at radius 1 is 0.818 bits per heavy atom. The van der Waals surface area contributed by atoms with Gasteiger partial charge in [0.25, 0.3) is 10.1 Å². The maximum absolute atomic E-state index is 12.4. The summed E-state index contributed by atoms with van der Waals surface area (Å²) in [7, 11) is -4.32. The maximum Gasteiger partial charge on any atom is 1.00 e. The standard InChI is InChI=1S/C26H38O5S.K/c1-2-3-4-5-6-7-8-9-10-11-12-13-15-22-18-19-26(25(27)20-22)31-23-16-14-17-24(21-23)32(28,29)30;/h14,16-21,27H,2-13,15H2,1H3,(H,28,29,30);/q;+1/p-1. The van der Waals surface area contributed by atoms with E-state index in [9.17, 15) is 13.5 Å². The van der Waals surface area contributed by atoms with Gasteiger partial charge in [-0.15, -0.1) is 0 Å². The number of unbranched alkanes of at least 4 members (excludes halogenated alkanes) is 11. The first-order valence-corrected chi connectivity index (χ1v) is 13.4. The summed E-state index contributed by atoms with van der Waals surface area (Å²) in [6, 6.07) is 10.5. The molecule has 0 heterocycles. The molecule has 0 amide bonds. The minimum atomic E-state index is -4.32. The van der Waals surface area contributed by atoms with Gasteiger partial charge in [0.15, 0.2) is 0 Å². The number of hydrogen-bond donors (Lipinski definition) is 1. The summed E-state index contributed by atoms with van der Waals surface area (Å²) in [5.41, 5.74) is 0.987. The number of benzene rings is 2. The van der Waals surface area contributed by atoms with Crippen molar-refractivity contribution in [2.45, 2.75) is 95.3 Å². The molecule has 33 heavy (non-hydrogen) atoms. The molecule has 0 atom stereocenters.